The highest BCUT2D eigenvalue weighted by Gasteiger charge is 2.50. The van der Waals surface area contributed by atoms with Crippen LogP contribution in [0.3, 0.4) is 0 Å². The lowest BCUT2D eigenvalue weighted by Gasteiger charge is -2.24. The summed E-state index contributed by atoms with van der Waals surface area (Å²) in [5.41, 5.74) is 10.9. The molecule has 6 heterocycles. The number of H-pyrrole nitrogens is 1. The second-order valence-electron chi connectivity index (χ2n) is 9.57. The third-order valence-corrected chi connectivity index (χ3v) is 7.87. The smallest absolute Gasteiger partial charge is 0.394 e. The number of rotatable bonds is 8. The highest BCUT2D eigenvalue weighted by molar-refractivity contribution is 7.47. The summed E-state index contributed by atoms with van der Waals surface area (Å²) in [5.74, 6) is -0.187. The molecule has 4 aromatic rings. The van der Waals surface area contributed by atoms with Crippen molar-refractivity contribution in [3.05, 3.63) is 34.9 Å². The second kappa shape index (κ2) is 13.0. The number of nitrogens with one attached hydrogen (secondary N) is 1. The number of aliphatic hydroxyl groups excluding tert-OH is 4. The summed E-state index contributed by atoms with van der Waals surface area (Å²) in [4.78, 5) is 47.8. The second-order valence-corrected chi connectivity index (χ2v) is 11.1. The van der Waals surface area contributed by atoms with Crippen molar-refractivity contribution in [1.82, 2.24) is 39.1 Å². The van der Waals surface area contributed by atoms with Crippen LogP contribution < -0.4 is 17.0 Å². The Balaban J connectivity index is 0.00000128. The number of nitrogens with zero attached hydrogens (tertiary/aromatic N) is 7. The standard InChI is InChI=1S/C20H25N10O11P.HO2P/c21-15-17-23-1-6(30(17)26-4-24-15)13-12(34)10(32)8(39-13)3-38-42(36,37)41-14-11(33)7(2-31)40-19(14)29-5-25-9-16(29)27-20(22)28-18(9)35;1-3-2/h1,4-5,7-8,10-14,19,31-34H,2-3H2,(H,36,37)(H2,21,24,26)(H3,22,27,28,35);(H,1,2)/t7-,8-,10-,11-,12-,13+,14-,19-;/m1./s1. The third kappa shape index (κ3) is 6.29. The molecule has 0 aromatic carbocycles. The summed E-state index contributed by atoms with van der Waals surface area (Å²) in [6, 6.07) is 0. The molecule has 0 saturated carbocycles. The van der Waals surface area contributed by atoms with Gasteiger partial charge >= 0.3 is 16.5 Å². The van der Waals surface area contributed by atoms with E-state index in [0.29, 0.717) is 0 Å². The lowest BCUT2D eigenvalue weighted by molar-refractivity contribution is -0.0551. The maximum Gasteiger partial charge on any atom is 0.472 e. The van der Waals surface area contributed by atoms with Gasteiger partial charge in [0.25, 0.3) is 5.56 Å². The largest absolute Gasteiger partial charge is 0.472 e. The van der Waals surface area contributed by atoms with Gasteiger partial charge in [-0.2, -0.15) is 10.1 Å². The predicted octanol–water partition coefficient (Wildman–Crippen LogP) is -3.48. The van der Waals surface area contributed by atoms with E-state index >= 15 is 0 Å². The fourth-order valence-electron chi connectivity index (χ4n) is 4.86. The first-order chi connectivity index (χ1) is 21.4. The molecule has 0 amide bonds. The van der Waals surface area contributed by atoms with Gasteiger partial charge in [0.05, 0.1) is 31.4 Å². The maximum atomic E-state index is 13.0. The third-order valence-electron chi connectivity index (χ3n) is 6.89. The SMILES string of the molecule is Nc1nc2c(ncn2[C@@H]2O[C@H](CO)[C@@H](O)[C@H]2OP(=O)(O)OC[C@H]2O[C@@H](c3cnc4c(N)ncnn34)[C@H](O)[C@@H]2O)c(=O)[nH]1.O=PO. The van der Waals surface area contributed by atoms with Crippen LogP contribution in [-0.4, -0.2) is 119 Å². The molecule has 2 fully saturated rings. The van der Waals surface area contributed by atoms with E-state index in [4.69, 9.17) is 39.4 Å². The first-order valence-corrected chi connectivity index (χ1v) is 14.9. The average Bonchev–Trinajstić information content (AvgIpc) is 3.74. The van der Waals surface area contributed by atoms with Gasteiger partial charge in [0, 0.05) is 0 Å². The van der Waals surface area contributed by atoms with Crippen LogP contribution in [0.1, 0.15) is 18.0 Å². The Morgan fingerprint density at radius 3 is 2.53 bits per heavy atom. The fourth-order valence-corrected chi connectivity index (χ4v) is 5.80. The monoisotopic (exact) mass is 676 g/mol. The minimum absolute atomic E-state index is 0.0668. The number of hydrogen-bond acceptors (Lipinski definition) is 18. The number of phosphoric acid groups is 1. The molecule has 45 heavy (non-hydrogen) atoms. The number of anilines is 2. The van der Waals surface area contributed by atoms with Gasteiger partial charge < -0.3 is 51.2 Å². The number of nitrogen functional groups attached to an aromatic ring is 2. The molecular formula is C20H26N10O13P2. The van der Waals surface area contributed by atoms with Crippen LogP contribution in [0.4, 0.5) is 11.8 Å². The molecule has 4 aromatic heterocycles. The molecule has 0 aliphatic carbocycles. The van der Waals surface area contributed by atoms with E-state index in [-0.39, 0.29) is 34.3 Å². The number of hydrogen-bond donors (Lipinski definition) is 9. The van der Waals surface area contributed by atoms with Gasteiger partial charge in [-0.15, -0.1) is 0 Å². The Bertz CT molecular complexity index is 1790. The van der Waals surface area contributed by atoms with Gasteiger partial charge in [0.2, 0.25) is 5.95 Å². The van der Waals surface area contributed by atoms with Crippen molar-refractivity contribution in [3.8, 4) is 0 Å². The van der Waals surface area contributed by atoms with Crippen molar-refractivity contribution in [2.24, 2.45) is 0 Å². The summed E-state index contributed by atoms with van der Waals surface area (Å²) in [7, 11) is -5.89. The fraction of sp³-hybridized carbons (Fsp3) is 0.500. The predicted molar refractivity (Wildman–Crippen MR) is 145 cm³/mol. The molecule has 0 spiro atoms. The number of aromatic amines is 1. The first kappa shape index (κ1) is 32.8. The van der Waals surface area contributed by atoms with Gasteiger partial charge in [-0.1, -0.05) is 0 Å². The van der Waals surface area contributed by atoms with Crippen LogP contribution in [0.2, 0.25) is 0 Å². The molecule has 11 N–H and O–H groups in total. The molecule has 25 heteroatoms. The van der Waals surface area contributed by atoms with Crippen LogP contribution in [-0.2, 0) is 27.7 Å². The van der Waals surface area contributed by atoms with Crippen molar-refractivity contribution in [3.63, 3.8) is 0 Å². The Morgan fingerprint density at radius 1 is 1.09 bits per heavy atom. The van der Waals surface area contributed by atoms with Crippen LogP contribution >= 0.6 is 16.5 Å². The number of ether oxygens (including phenoxy) is 2. The maximum absolute atomic E-state index is 13.0. The topological polar surface area (TPSA) is 351 Å². The van der Waals surface area contributed by atoms with E-state index in [1.54, 1.807) is 0 Å². The zero-order chi connectivity index (χ0) is 32.6. The molecule has 6 rings (SSSR count). The molecule has 0 radical (unpaired) electrons. The minimum Gasteiger partial charge on any atom is -0.394 e. The van der Waals surface area contributed by atoms with Gasteiger partial charge in [-0.05, 0) is 0 Å². The molecule has 2 aliphatic rings. The minimum atomic E-state index is -5.05. The quantitative estimate of drug-likeness (QED) is 0.0818. The van der Waals surface area contributed by atoms with E-state index in [0.717, 1.165) is 17.2 Å². The molecule has 0 bridgehead atoms. The van der Waals surface area contributed by atoms with Gasteiger partial charge in [-0.3, -0.25) is 23.4 Å². The number of imidazole rings is 2. The molecule has 9 atom stereocenters. The zero-order valence-electron chi connectivity index (χ0n) is 22.5. The highest BCUT2D eigenvalue weighted by atomic mass is 31.2. The lowest BCUT2D eigenvalue weighted by Crippen LogP contribution is -2.36. The van der Waals surface area contributed by atoms with Crippen molar-refractivity contribution >= 4 is 45.1 Å². The summed E-state index contributed by atoms with van der Waals surface area (Å²) in [5, 5.41) is 45.5. The van der Waals surface area contributed by atoms with E-state index in [1.807, 2.05) is 0 Å². The lowest BCUT2D eigenvalue weighted by atomic mass is 10.1. The van der Waals surface area contributed by atoms with E-state index in [9.17, 15) is 34.7 Å². The molecule has 2 saturated heterocycles. The summed E-state index contributed by atoms with van der Waals surface area (Å²) in [6.07, 6.45) is -7.94. The van der Waals surface area contributed by atoms with Crippen molar-refractivity contribution in [2.45, 2.75) is 49.0 Å². The van der Waals surface area contributed by atoms with Gasteiger partial charge in [-0.25, -0.2) is 28.6 Å². The normalized spacial score (nSPS) is 29.6. The zero-order valence-corrected chi connectivity index (χ0v) is 24.3. The van der Waals surface area contributed by atoms with Crippen molar-refractivity contribution < 1.29 is 57.9 Å². The van der Waals surface area contributed by atoms with Crippen molar-refractivity contribution in [2.75, 3.05) is 24.7 Å². The number of aliphatic hydroxyl groups is 4. The highest BCUT2D eigenvalue weighted by Crippen LogP contribution is 2.50. The molecule has 23 nitrogen and oxygen atoms in total. The van der Waals surface area contributed by atoms with Crippen molar-refractivity contribution in [1.29, 1.82) is 0 Å². The Hall–Kier alpha value is -3.57. The number of nitrogens with two attached hydrogens (primary N) is 2. The number of phosphoric ester groups is 1. The first-order valence-electron chi connectivity index (χ1n) is 12.7. The van der Waals surface area contributed by atoms with Gasteiger partial charge in [0.1, 0.15) is 49.1 Å². The molecule has 2 aliphatic heterocycles. The summed E-state index contributed by atoms with van der Waals surface area (Å²) < 4.78 is 45.5. The Morgan fingerprint density at radius 2 is 1.82 bits per heavy atom. The van der Waals surface area contributed by atoms with Crippen LogP contribution in [0.5, 0.6) is 0 Å². The van der Waals surface area contributed by atoms with Crippen LogP contribution in [0.15, 0.2) is 23.6 Å². The van der Waals surface area contributed by atoms with Crippen LogP contribution in [0.25, 0.3) is 16.8 Å². The van der Waals surface area contributed by atoms with Gasteiger partial charge in [0.15, 0.2) is 28.9 Å². The van der Waals surface area contributed by atoms with E-state index in [1.165, 1.54) is 10.7 Å². The number of fused-ring (bicyclic) bond motifs is 2. The Kier molecular flexibility index (Phi) is 9.51. The summed E-state index contributed by atoms with van der Waals surface area (Å²) >= 11 is 0. The van der Waals surface area contributed by atoms with E-state index < -0.39 is 84.2 Å². The molecule has 244 valence electrons. The molecule has 1 unspecified atom stereocenters. The number of aromatic nitrogens is 8. The van der Waals surface area contributed by atoms with Crippen LogP contribution in [0, 0.1) is 0 Å². The average molecular weight is 676 g/mol. The summed E-state index contributed by atoms with van der Waals surface area (Å²) in [6.45, 7) is -1.44. The van der Waals surface area contributed by atoms with E-state index in [2.05, 4.69) is 30.0 Å². The Labute approximate surface area is 250 Å². The molecular weight excluding hydrogens is 650 g/mol.